The van der Waals surface area contributed by atoms with Crippen molar-refractivity contribution in [2.45, 2.75) is 0 Å². The molecule has 0 N–H and O–H groups in total. The highest BCUT2D eigenvalue weighted by Gasteiger charge is 1.97. The van der Waals surface area contributed by atoms with Gasteiger partial charge in [-0.05, 0) is 40.1 Å². The van der Waals surface area contributed by atoms with Gasteiger partial charge in [0.25, 0.3) is 0 Å². The summed E-state index contributed by atoms with van der Waals surface area (Å²) in [5.74, 6) is 0. The van der Waals surface area contributed by atoms with Crippen LogP contribution in [0.2, 0.25) is 0 Å². The molecule has 0 aromatic heterocycles. The highest BCUT2D eigenvalue weighted by Crippen LogP contribution is 2.20. The van der Waals surface area contributed by atoms with Gasteiger partial charge in [0.2, 0.25) is 0 Å². The van der Waals surface area contributed by atoms with Gasteiger partial charge >= 0.3 is 0 Å². The average molecular weight is 179 g/mol. The number of fused-ring (bicyclic) bond motifs is 1. The molecule has 0 aliphatic carbocycles. The van der Waals surface area contributed by atoms with Crippen LogP contribution in [0.15, 0.2) is 43.5 Å². The van der Waals surface area contributed by atoms with E-state index in [0.29, 0.717) is 0 Å². The van der Waals surface area contributed by atoms with Gasteiger partial charge in [-0.25, -0.2) is 0 Å². The van der Waals surface area contributed by atoms with Gasteiger partial charge in [-0.15, -0.1) is 0 Å². The van der Waals surface area contributed by atoms with E-state index in [4.69, 9.17) is 0 Å². The molecule has 2 aromatic rings. The molecular weight excluding hydrogens is 168 g/mol. The monoisotopic (exact) mass is 179 g/mol. The van der Waals surface area contributed by atoms with E-state index in [2.05, 4.69) is 31.4 Å². The Morgan fingerprint density at radius 3 is 2.71 bits per heavy atom. The lowest BCUT2D eigenvalue weighted by Gasteiger charge is -2.02. The summed E-state index contributed by atoms with van der Waals surface area (Å²) >= 11 is 0. The number of benzene rings is 2. The van der Waals surface area contributed by atoms with Crippen molar-refractivity contribution in [2.75, 3.05) is 0 Å². The molecule has 0 bridgehead atoms. The third-order valence-electron chi connectivity index (χ3n) is 2.29. The summed E-state index contributed by atoms with van der Waals surface area (Å²) in [6.07, 6.45) is 3.68. The molecule has 14 heavy (non-hydrogen) atoms. The van der Waals surface area contributed by atoms with Gasteiger partial charge < -0.3 is 0 Å². The van der Waals surface area contributed by atoms with Crippen LogP contribution in [0.1, 0.15) is 11.1 Å². The standard InChI is InChI=1S/C14H11/c1-3-11-8-9-14-12(4-2)6-5-7-13(14)10-11/h3-8,10H,1-2H2. The topological polar surface area (TPSA) is 0 Å². The van der Waals surface area contributed by atoms with Crippen molar-refractivity contribution in [1.82, 2.24) is 0 Å². The first-order valence-corrected chi connectivity index (χ1v) is 4.54. The molecule has 0 aliphatic heterocycles. The van der Waals surface area contributed by atoms with E-state index in [1.165, 1.54) is 5.39 Å². The largest absolute Gasteiger partial charge is 0.0985 e. The fourth-order valence-electron chi connectivity index (χ4n) is 1.54. The van der Waals surface area contributed by atoms with Gasteiger partial charge in [-0.1, -0.05) is 43.5 Å². The zero-order valence-corrected chi connectivity index (χ0v) is 7.96. The van der Waals surface area contributed by atoms with Gasteiger partial charge in [0.15, 0.2) is 0 Å². The number of hydrogen-bond acceptors (Lipinski definition) is 0. The van der Waals surface area contributed by atoms with Crippen molar-refractivity contribution in [3.8, 4) is 0 Å². The summed E-state index contributed by atoms with van der Waals surface area (Å²) in [6, 6.07) is 13.4. The van der Waals surface area contributed by atoms with E-state index < -0.39 is 0 Å². The van der Waals surface area contributed by atoms with Gasteiger partial charge in [0, 0.05) is 0 Å². The first-order valence-electron chi connectivity index (χ1n) is 4.54. The van der Waals surface area contributed by atoms with Gasteiger partial charge in [-0.3, -0.25) is 0 Å². The average Bonchev–Trinajstić information content (AvgIpc) is 2.27. The van der Waals surface area contributed by atoms with Crippen molar-refractivity contribution in [2.24, 2.45) is 0 Å². The first kappa shape index (κ1) is 8.76. The minimum Gasteiger partial charge on any atom is -0.0985 e. The molecule has 2 rings (SSSR count). The maximum absolute atomic E-state index is 3.78. The molecule has 0 heterocycles. The third-order valence-corrected chi connectivity index (χ3v) is 2.29. The van der Waals surface area contributed by atoms with Gasteiger partial charge in [-0.2, -0.15) is 0 Å². The van der Waals surface area contributed by atoms with Gasteiger partial charge in [0.1, 0.15) is 0 Å². The number of rotatable bonds is 2. The third kappa shape index (κ3) is 1.35. The Morgan fingerprint density at radius 2 is 2.00 bits per heavy atom. The highest BCUT2D eigenvalue weighted by atomic mass is 14.0. The summed E-state index contributed by atoms with van der Waals surface area (Å²) < 4.78 is 0. The van der Waals surface area contributed by atoms with Crippen LogP contribution in [0.5, 0.6) is 0 Å². The molecule has 0 fully saturated rings. The molecule has 0 unspecified atom stereocenters. The van der Waals surface area contributed by atoms with Crippen LogP contribution in [0, 0.1) is 6.07 Å². The van der Waals surface area contributed by atoms with Crippen molar-refractivity contribution in [3.63, 3.8) is 0 Å². The second-order valence-corrected chi connectivity index (χ2v) is 3.15. The second-order valence-electron chi connectivity index (χ2n) is 3.15. The zero-order chi connectivity index (χ0) is 9.97. The summed E-state index contributed by atoms with van der Waals surface area (Å²) in [5, 5.41) is 2.30. The van der Waals surface area contributed by atoms with E-state index in [9.17, 15) is 0 Å². The van der Waals surface area contributed by atoms with E-state index in [0.717, 1.165) is 16.5 Å². The molecule has 0 amide bonds. The Hall–Kier alpha value is -1.82. The van der Waals surface area contributed by atoms with Crippen LogP contribution in [0.3, 0.4) is 0 Å². The number of hydrogen-bond donors (Lipinski definition) is 0. The summed E-state index contributed by atoms with van der Waals surface area (Å²) in [6.45, 7) is 7.52. The van der Waals surface area contributed by atoms with Gasteiger partial charge in [0.05, 0.1) is 0 Å². The van der Waals surface area contributed by atoms with E-state index in [1.54, 1.807) is 0 Å². The van der Waals surface area contributed by atoms with E-state index in [-0.39, 0.29) is 0 Å². The van der Waals surface area contributed by atoms with Crippen molar-refractivity contribution >= 4 is 22.9 Å². The lowest BCUT2D eigenvalue weighted by Crippen LogP contribution is -1.79. The van der Waals surface area contributed by atoms with Crippen LogP contribution in [-0.4, -0.2) is 0 Å². The van der Waals surface area contributed by atoms with E-state index >= 15 is 0 Å². The Balaban J connectivity index is 2.79. The molecule has 0 spiro atoms. The lowest BCUT2D eigenvalue weighted by molar-refractivity contribution is 1.68. The fraction of sp³-hybridized carbons (Fsp3) is 0. The van der Waals surface area contributed by atoms with Crippen LogP contribution in [0.25, 0.3) is 22.9 Å². The lowest BCUT2D eigenvalue weighted by atomic mass is 10.0. The Labute approximate surface area is 84.2 Å². The predicted octanol–water partition coefficient (Wildman–Crippen LogP) is 3.93. The van der Waals surface area contributed by atoms with E-state index in [1.807, 2.05) is 30.4 Å². The Bertz CT molecular complexity index is 492. The molecule has 0 nitrogen and oxygen atoms in total. The smallest absolute Gasteiger partial charge is 0.00324 e. The highest BCUT2D eigenvalue weighted by molar-refractivity contribution is 5.91. The summed E-state index contributed by atoms with van der Waals surface area (Å²) in [4.78, 5) is 0. The molecule has 0 saturated heterocycles. The molecule has 0 aliphatic rings. The van der Waals surface area contributed by atoms with Crippen LogP contribution < -0.4 is 0 Å². The van der Waals surface area contributed by atoms with Crippen LogP contribution in [-0.2, 0) is 0 Å². The minimum atomic E-state index is 1.10. The molecular formula is C14H11. The fourth-order valence-corrected chi connectivity index (χ4v) is 1.54. The summed E-state index contributed by atoms with van der Waals surface area (Å²) in [7, 11) is 0. The summed E-state index contributed by atoms with van der Waals surface area (Å²) in [5.41, 5.74) is 2.22. The normalized spacial score (nSPS) is 10.0. The predicted molar refractivity (Wildman–Crippen MR) is 63.0 cm³/mol. The SMILES string of the molecule is C=Cc1c[c]c2c(C=C)cccc2c1. The maximum Gasteiger partial charge on any atom is -0.00324 e. The molecule has 2 aromatic carbocycles. The quantitative estimate of drug-likeness (QED) is 0.655. The van der Waals surface area contributed by atoms with Crippen molar-refractivity contribution in [1.29, 1.82) is 0 Å². The first-order chi connectivity index (χ1) is 6.85. The van der Waals surface area contributed by atoms with Crippen molar-refractivity contribution < 1.29 is 0 Å². The molecule has 0 atom stereocenters. The van der Waals surface area contributed by atoms with Crippen LogP contribution in [0.4, 0.5) is 0 Å². The second kappa shape index (κ2) is 3.51. The van der Waals surface area contributed by atoms with Crippen molar-refractivity contribution in [3.05, 3.63) is 60.7 Å². The maximum atomic E-state index is 3.78. The zero-order valence-electron chi connectivity index (χ0n) is 7.96. The molecule has 1 radical (unpaired) electrons. The Morgan fingerprint density at radius 1 is 1.14 bits per heavy atom. The molecule has 0 heteroatoms. The molecule has 0 saturated carbocycles. The van der Waals surface area contributed by atoms with Crippen LogP contribution >= 0.6 is 0 Å². The Kier molecular flexibility index (Phi) is 2.19. The minimum absolute atomic E-state index is 1.10. The molecule has 67 valence electrons.